The van der Waals surface area contributed by atoms with E-state index >= 15 is 0 Å². The number of carbonyl (C=O) groups is 1. The quantitative estimate of drug-likeness (QED) is 0.698. The molecule has 0 fully saturated rings. The van der Waals surface area contributed by atoms with E-state index in [4.69, 9.17) is 0 Å². The van der Waals surface area contributed by atoms with Crippen LogP contribution >= 0.6 is 0 Å². The van der Waals surface area contributed by atoms with E-state index < -0.39 is 0 Å². The van der Waals surface area contributed by atoms with Crippen LogP contribution in [-0.2, 0) is 13.0 Å². The summed E-state index contributed by atoms with van der Waals surface area (Å²) < 4.78 is 0. The average molecular weight is 357 g/mol. The predicted octanol–water partition coefficient (Wildman–Crippen LogP) is 4.31. The van der Waals surface area contributed by atoms with E-state index in [0.717, 1.165) is 24.5 Å². The molecule has 2 aromatic carbocycles. The number of anilines is 2. The second kappa shape index (κ2) is 7.23. The molecule has 1 aliphatic heterocycles. The number of aromatic nitrogens is 1. The molecule has 0 saturated heterocycles. The summed E-state index contributed by atoms with van der Waals surface area (Å²) >= 11 is 0. The molecule has 4 rings (SSSR count). The van der Waals surface area contributed by atoms with E-state index in [-0.39, 0.29) is 11.9 Å². The monoisotopic (exact) mass is 357 g/mol. The number of hydrogen-bond donors (Lipinski definition) is 0. The van der Waals surface area contributed by atoms with Crippen LogP contribution < -0.4 is 9.80 Å². The summed E-state index contributed by atoms with van der Waals surface area (Å²) in [5.74, 6) is 0.828. The van der Waals surface area contributed by atoms with Gasteiger partial charge in [0.1, 0.15) is 5.82 Å². The molecule has 4 heteroatoms. The van der Waals surface area contributed by atoms with E-state index in [2.05, 4.69) is 35.0 Å². The molecule has 0 radical (unpaired) electrons. The van der Waals surface area contributed by atoms with Crippen LogP contribution in [0.1, 0.15) is 28.4 Å². The van der Waals surface area contributed by atoms with Gasteiger partial charge in [-0.25, -0.2) is 4.98 Å². The first-order valence-electron chi connectivity index (χ1n) is 9.26. The highest BCUT2D eigenvalue weighted by Gasteiger charge is 2.31. The Bertz CT molecular complexity index is 955. The van der Waals surface area contributed by atoms with E-state index in [1.165, 1.54) is 11.1 Å². The largest absolute Gasteiger partial charge is 0.355 e. The van der Waals surface area contributed by atoms with Gasteiger partial charge in [-0.05, 0) is 42.7 Å². The lowest BCUT2D eigenvalue weighted by molar-refractivity contribution is 0.0981. The molecular formula is C23H23N3O. The van der Waals surface area contributed by atoms with E-state index in [1.807, 2.05) is 54.4 Å². The highest BCUT2D eigenvalue weighted by molar-refractivity contribution is 6.08. The first-order valence-corrected chi connectivity index (χ1v) is 9.26. The number of para-hydroxylation sites is 1. The smallest absolute Gasteiger partial charge is 0.258 e. The van der Waals surface area contributed by atoms with Gasteiger partial charge >= 0.3 is 0 Å². The van der Waals surface area contributed by atoms with Crippen LogP contribution in [0.15, 0.2) is 72.9 Å². The first-order chi connectivity index (χ1) is 13.1. The average Bonchev–Trinajstić information content (AvgIpc) is 3.04. The Balaban J connectivity index is 1.58. The SMILES string of the molecule is CC1Cc2ccccc2N1C(=O)c1ccnc(N(C)Cc2ccccc2)c1. The maximum Gasteiger partial charge on any atom is 0.258 e. The summed E-state index contributed by atoms with van der Waals surface area (Å²) in [4.78, 5) is 21.7. The van der Waals surface area contributed by atoms with Gasteiger partial charge in [-0.15, -0.1) is 0 Å². The van der Waals surface area contributed by atoms with Crippen molar-refractivity contribution in [2.45, 2.75) is 25.9 Å². The van der Waals surface area contributed by atoms with Gasteiger partial charge in [0.2, 0.25) is 0 Å². The molecule has 0 aliphatic carbocycles. The summed E-state index contributed by atoms with van der Waals surface area (Å²) in [5.41, 5.74) is 4.13. The van der Waals surface area contributed by atoms with Gasteiger partial charge in [0.25, 0.3) is 5.91 Å². The van der Waals surface area contributed by atoms with Gasteiger partial charge in [-0.2, -0.15) is 0 Å². The number of rotatable bonds is 4. The first kappa shape index (κ1) is 17.3. The van der Waals surface area contributed by atoms with Crippen molar-refractivity contribution < 1.29 is 4.79 Å². The third-order valence-electron chi connectivity index (χ3n) is 5.07. The Labute approximate surface area is 160 Å². The predicted molar refractivity (Wildman–Crippen MR) is 109 cm³/mol. The zero-order chi connectivity index (χ0) is 18.8. The molecule has 3 aromatic rings. The van der Waals surface area contributed by atoms with E-state index in [0.29, 0.717) is 5.56 Å². The lowest BCUT2D eigenvalue weighted by atomic mass is 10.1. The fourth-order valence-electron chi connectivity index (χ4n) is 3.71. The molecule has 136 valence electrons. The fraction of sp³-hybridized carbons (Fsp3) is 0.217. The van der Waals surface area contributed by atoms with Crippen molar-refractivity contribution >= 4 is 17.4 Å². The van der Waals surface area contributed by atoms with Crippen molar-refractivity contribution in [1.29, 1.82) is 0 Å². The van der Waals surface area contributed by atoms with Crippen LogP contribution in [0.25, 0.3) is 0 Å². The van der Waals surface area contributed by atoms with Gasteiger partial charge in [-0.1, -0.05) is 48.5 Å². The molecule has 1 unspecified atom stereocenters. The normalized spacial score (nSPS) is 15.5. The summed E-state index contributed by atoms with van der Waals surface area (Å²) in [6, 6.07) is 22.3. The topological polar surface area (TPSA) is 36.4 Å². The molecule has 0 bridgehead atoms. The zero-order valence-electron chi connectivity index (χ0n) is 15.7. The summed E-state index contributed by atoms with van der Waals surface area (Å²) in [7, 11) is 2.00. The maximum absolute atomic E-state index is 13.2. The van der Waals surface area contributed by atoms with Crippen LogP contribution in [0.5, 0.6) is 0 Å². The van der Waals surface area contributed by atoms with Gasteiger partial charge in [0, 0.05) is 37.1 Å². The molecule has 0 saturated carbocycles. The van der Waals surface area contributed by atoms with Crippen molar-refractivity contribution in [1.82, 2.24) is 4.98 Å². The second-order valence-corrected chi connectivity index (χ2v) is 7.10. The van der Waals surface area contributed by atoms with E-state index in [9.17, 15) is 4.79 Å². The Morgan fingerprint density at radius 2 is 1.85 bits per heavy atom. The van der Waals surface area contributed by atoms with Crippen LogP contribution in [-0.4, -0.2) is 24.0 Å². The van der Waals surface area contributed by atoms with Gasteiger partial charge in [0.15, 0.2) is 0 Å². The number of carbonyl (C=O) groups excluding carboxylic acids is 1. The lowest BCUT2D eigenvalue weighted by Gasteiger charge is -2.24. The molecule has 1 aromatic heterocycles. The minimum atomic E-state index is 0.0317. The summed E-state index contributed by atoms with van der Waals surface area (Å²) in [6.45, 7) is 2.84. The molecule has 0 N–H and O–H groups in total. The van der Waals surface area contributed by atoms with Crippen molar-refractivity contribution in [2.24, 2.45) is 0 Å². The molecule has 1 amide bonds. The number of amides is 1. The number of hydrogen-bond acceptors (Lipinski definition) is 3. The highest BCUT2D eigenvalue weighted by Crippen LogP contribution is 2.33. The van der Waals surface area contributed by atoms with Crippen LogP contribution in [0.3, 0.4) is 0 Å². The minimum Gasteiger partial charge on any atom is -0.355 e. The Kier molecular flexibility index (Phi) is 4.63. The second-order valence-electron chi connectivity index (χ2n) is 7.10. The summed E-state index contributed by atoms with van der Waals surface area (Å²) in [6.07, 6.45) is 2.62. The van der Waals surface area contributed by atoms with Crippen molar-refractivity contribution in [3.05, 3.63) is 89.6 Å². The minimum absolute atomic E-state index is 0.0317. The van der Waals surface area contributed by atoms with Gasteiger partial charge in [-0.3, -0.25) is 4.79 Å². The molecule has 2 heterocycles. The van der Waals surface area contributed by atoms with Crippen LogP contribution in [0.4, 0.5) is 11.5 Å². The van der Waals surface area contributed by atoms with Gasteiger partial charge in [0.05, 0.1) is 0 Å². The zero-order valence-corrected chi connectivity index (χ0v) is 15.7. The third kappa shape index (κ3) is 3.43. The fourth-order valence-corrected chi connectivity index (χ4v) is 3.71. The Morgan fingerprint density at radius 1 is 1.11 bits per heavy atom. The number of fused-ring (bicyclic) bond motifs is 1. The van der Waals surface area contributed by atoms with Crippen molar-refractivity contribution in [2.75, 3.05) is 16.8 Å². The molecular weight excluding hydrogens is 334 g/mol. The Hall–Kier alpha value is -3.14. The molecule has 1 aliphatic rings. The molecule has 0 spiro atoms. The highest BCUT2D eigenvalue weighted by atomic mass is 16.2. The molecule has 1 atom stereocenters. The number of pyridine rings is 1. The van der Waals surface area contributed by atoms with Crippen LogP contribution in [0, 0.1) is 0 Å². The van der Waals surface area contributed by atoms with E-state index in [1.54, 1.807) is 12.3 Å². The van der Waals surface area contributed by atoms with Crippen molar-refractivity contribution in [3.63, 3.8) is 0 Å². The van der Waals surface area contributed by atoms with Gasteiger partial charge < -0.3 is 9.80 Å². The summed E-state index contributed by atoms with van der Waals surface area (Å²) in [5, 5.41) is 0. The number of benzene rings is 2. The molecule has 4 nitrogen and oxygen atoms in total. The molecule has 27 heavy (non-hydrogen) atoms. The van der Waals surface area contributed by atoms with Crippen molar-refractivity contribution in [3.8, 4) is 0 Å². The van der Waals surface area contributed by atoms with Crippen LogP contribution in [0.2, 0.25) is 0 Å². The standard InChI is InChI=1S/C23H23N3O/c1-17-14-19-10-6-7-11-21(19)26(17)23(27)20-12-13-24-22(15-20)25(2)16-18-8-4-3-5-9-18/h3-13,15,17H,14,16H2,1-2H3. The number of nitrogens with zero attached hydrogens (tertiary/aromatic N) is 3. The third-order valence-corrected chi connectivity index (χ3v) is 5.07. The Morgan fingerprint density at radius 3 is 2.67 bits per heavy atom. The lowest BCUT2D eigenvalue weighted by Crippen LogP contribution is -2.35. The maximum atomic E-state index is 13.2.